The van der Waals surface area contributed by atoms with Gasteiger partial charge >= 0.3 is 12.0 Å². The molecule has 1 saturated heterocycles. The lowest BCUT2D eigenvalue weighted by Crippen LogP contribution is -2.48. The van der Waals surface area contributed by atoms with Crippen molar-refractivity contribution in [1.82, 2.24) is 15.5 Å². The van der Waals surface area contributed by atoms with Crippen molar-refractivity contribution in [2.75, 3.05) is 13.1 Å². The van der Waals surface area contributed by atoms with E-state index in [2.05, 4.69) is 10.6 Å². The third kappa shape index (κ3) is 6.58. The van der Waals surface area contributed by atoms with E-state index < -0.39 is 64.3 Å². The van der Waals surface area contributed by atoms with Crippen molar-refractivity contribution in [2.45, 2.75) is 32.2 Å². The van der Waals surface area contributed by atoms with Crippen molar-refractivity contribution in [3.05, 3.63) is 74.0 Å². The van der Waals surface area contributed by atoms with Gasteiger partial charge in [-0.15, -0.1) is 0 Å². The number of carbonyl (C=O) groups excluding carboxylic acids is 3. The predicted molar refractivity (Wildman–Crippen MR) is 130 cm³/mol. The van der Waals surface area contributed by atoms with Crippen LogP contribution in [0, 0.1) is 21.8 Å². The molecule has 0 unspecified atom stereocenters. The number of carbonyl (C=O) groups is 4. The van der Waals surface area contributed by atoms with Crippen molar-refractivity contribution >= 4 is 41.1 Å². The molecular formula is C24H24ClFN4O7. The van der Waals surface area contributed by atoms with E-state index in [-0.39, 0.29) is 29.1 Å². The molecule has 1 aliphatic rings. The number of carboxylic acid groups (broad SMARTS) is 1. The molecule has 196 valence electrons. The summed E-state index contributed by atoms with van der Waals surface area (Å²) in [4.78, 5) is 61.3. The first kappa shape index (κ1) is 27.5. The summed E-state index contributed by atoms with van der Waals surface area (Å²) < 4.78 is 14.3. The normalized spacial score (nSPS) is 16.5. The largest absolute Gasteiger partial charge is 0.477 e. The highest BCUT2D eigenvalue weighted by Crippen LogP contribution is 2.27. The van der Waals surface area contributed by atoms with Crippen LogP contribution in [-0.4, -0.2) is 51.8 Å². The van der Waals surface area contributed by atoms with Gasteiger partial charge < -0.3 is 15.7 Å². The zero-order chi connectivity index (χ0) is 27.3. The number of nitro benzene ring substituents is 1. The minimum absolute atomic E-state index is 0.115. The summed E-state index contributed by atoms with van der Waals surface area (Å²) in [6, 6.07) is 5.63. The second-order valence-corrected chi connectivity index (χ2v) is 8.93. The molecule has 0 saturated carbocycles. The molecule has 4 amide bonds. The van der Waals surface area contributed by atoms with E-state index in [0.29, 0.717) is 12.8 Å². The van der Waals surface area contributed by atoms with Crippen molar-refractivity contribution < 1.29 is 33.6 Å². The Labute approximate surface area is 215 Å². The molecule has 2 aromatic carbocycles. The number of nitro groups is 1. The van der Waals surface area contributed by atoms with Crippen LogP contribution in [0.15, 0.2) is 36.4 Å². The maximum Gasteiger partial charge on any atom is 0.342 e. The molecule has 1 aliphatic heterocycles. The first-order valence-electron chi connectivity index (χ1n) is 11.4. The molecule has 0 aliphatic carbocycles. The lowest BCUT2D eigenvalue weighted by Gasteiger charge is -2.26. The summed E-state index contributed by atoms with van der Waals surface area (Å²) in [5, 5.41) is 26.1. The number of amides is 4. The molecule has 37 heavy (non-hydrogen) atoms. The van der Waals surface area contributed by atoms with Crippen LogP contribution in [0.25, 0.3) is 0 Å². The van der Waals surface area contributed by atoms with Crippen molar-refractivity contribution in [1.29, 1.82) is 0 Å². The van der Waals surface area contributed by atoms with Gasteiger partial charge in [0.05, 0.1) is 16.9 Å². The predicted octanol–water partition coefficient (Wildman–Crippen LogP) is 3.45. The molecule has 2 atom stereocenters. The van der Waals surface area contributed by atoms with Crippen LogP contribution in [-0.2, 0) is 16.0 Å². The zero-order valence-corrected chi connectivity index (χ0v) is 20.5. The number of rotatable bonds is 8. The van der Waals surface area contributed by atoms with Gasteiger partial charge in [-0.3, -0.25) is 24.6 Å². The van der Waals surface area contributed by atoms with Crippen LogP contribution in [0.2, 0.25) is 5.02 Å². The molecule has 0 radical (unpaired) electrons. The molecule has 2 aromatic rings. The van der Waals surface area contributed by atoms with E-state index in [0.717, 1.165) is 23.1 Å². The Morgan fingerprint density at radius 2 is 2.03 bits per heavy atom. The standard InChI is InChI=1S/C24H24ClFN4O7/c1-2-3-19(13-4-6-17(23(33)34)20(10-13)30(36)37)28-24(35)29-12-21(31)27-11-15(22(29)32)8-14-9-16(25)5-7-18(14)26/h4-7,9-10,15,19H,2-3,8,11-12H2,1H3,(H,27,31)(H,28,35)(H,33,34)/t15-,19+/m0/s1. The molecule has 1 fully saturated rings. The number of aromatic carboxylic acids is 1. The Balaban J connectivity index is 1.86. The van der Waals surface area contributed by atoms with Gasteiger partial charge in [0.25, 0.3) is 5.69 Å². The van der Waals surface area contributed by atoms with Crippen LogP contribution in [0.1, 0.15) is 47.3 Å². The fraction of sp³-hybridized carbons (Fsp3) is 0.333. The monoisotopic (exact) mass is 534 g/mol. The summed E-state index contributed by atoms with van der Waals surface area (Å²) in [5.41, 5.74) is -0.742. The molecule has 1 heterocycles. The molecular weight excluding hydrogens is 511 g/mol. The Hall–Kier alpha value is -4.06. The van der Waals surface area contributed by atoms with Crippen LogP contribution in [0.4, 0.5) is 14.9 Å². The van der Waals surface area contributed by atoms with Gasteiger partial charge in [0.2, 0.25) is 11.8 Å². The third-order valence-electron chi connectivity index (χ3n) is 5.91. The maximum atomic E-state index is 14.3. The Morgan fingerprint density at radius 3 is 2.68 bits per heavy atom. The van der Waals surface area contributed by atoms with E-state index in [4.69, 9.17) is 11.6 Å². The SMILES string of the molecule is CCC[C@@H](NC(=O)N1CC(=O)NC[C@H](Cc2cc(Cl)ccc2F)C1=O)c1ccc(C(=O)O)c([N+](=O)[O-])c1. The third-order valence-corrected chi connectivity index (χ3v) is 6.14. The first-order chi connectivity index (χ1) is 17.5. The van der Waals surface area contributed by atoms with Gasteiger partial charge in [-0.1, -0.05) is 31.0 Å². The highest BCUT2D eigenvalue weighted by atomic mass is 35.5. The van der Waals surface area contributed by atoms with Gasteiger partial charge in [0.1, 0.15) is 17.9 Å². The van der Waals surface area contributed by atoms with Gasteiger partial charge in [-0.05, 0) is 48.2 Å². The molecule has 0 bridgehead atoms. The lowest BCUT2D eigenvalue weighted by molar-refractivity contribution is -0.385. The van der Waals surface area contributed by atoms with E-state index in [9.17, 15) is 38.8 Å². The van der Waals surface area contributed by atoms with Gasteiger partial charge in [0, 0.05) is 17.6 Å². The molecule has 11 nitrogen and oxygen atoms in total. The van der Waals surface area contributed by atoms with Crippen molar-refractivity contribution in [2.24, 2.45) is 5.92 Å². The van der Waals surface area contributed by atoms with E-state index in [1.165, 1.54) is 18.2 Å². The van der Waals surface area contributed by atoms with Crippen LogP contribution in [0.3, 0.4) is 0 Å². The molecule has 0 spiro atoms. The highest BCUT2D eigenvalue weighted by Gasteiger charge is 2.35. The number of urea groups is 1. The summed E-state index contributed by atoms with van der Waals surface area (Å²) in [6.45, 7) is 1.12. The molecule has 0 aromatic heterocycles. The number of imide groups is 1. The molecule has 3 N–H and O–H groups in total. The number of hydrogen-bond donors (Lipinski definition) is 3. The summed E-state index contributed by atoms with van der Waals surface area (Å²) in [7, 11) is 0. The van der Waals surface area contributed by atoms with Gasteiger partial charge in [-0.2, -0.15) is 0 Å². The second kappa shape index (κ2) is 11.8. The zero-order valence-electron chi connectivity index (χ0n) is 19.7. The fourth-order valence-corrected chi connectivity index (χ4v) is 4.25. The number of halogens is 2. The average molecular weight is 535 g/mol. The number of carboxylic acids is 1. The Bertz CT molecular complexity index is 1260. The maximum absolute atomic E-state index is 14.3. The van der Waals surface area contributed by atoms with Gasteiger partial charge in [0.15, 0.2) is 0 Å². The lowest BCUT2D eigenvalue weighted by atomic mass is 9.97. The Morgan fingerprint density at radius 1 is 1.30 bits per heavy atom. The number of hydrogen-bond acceptors (Lipinski definition) is 6. The van der Waals surface area contributed by atoms with Crippen LogP contribution >= 0.6 is 11.6 Å². The van der Waals surface area contributed by atoms with Crippen molar-refractivity contribution in [3.8, 4) is 0 Å². The first-order valence-corrected chi connectivity index (χ1v) is 11.7. The van der Waals surface area contributed by atoms with E-state index in [1.807, 2.05) is 0 Å². The average Bonchev–Trinajstić information content (AvgIpc) is 2.99. The number of nitrogens with zero attached hydrogens (tertiary/aromatic N) is 2. The van der Waals surface area contributed by atoms with Gasteiger partial charge in [-0.25, -0.2) is 14.0 Å². The highest BCUT2D eigenvalue weighted by molar-refractivity contribution is 6.30. The van der Waals surface area contributed by atoms with E-state index >= 15 is 0 Å². The number of benzene rings is 2. The second-order valence-electron chi connectivity index (χ2n) is 8.49. The molecule has 3 rings (SSSR count). The van der Waals surface area contributed by atoms with Crippen molar-refractivity contribution in [3.63, 3.8) is 0 Å². The fourth-order valence-electron chi connectivity index (χ4n) is 4.05. The smallest absolute Gasteiger partial charge is 0.342 e. The van der Waals surface area contributed by atoms with Crippen LogP contribution < -0.4 is 10.6 Å². The van der Waals surface area contributed by atoms with E-state index in [1.54, 1.807) is 6.92 Å². The number of nitrogens with one attached hydrogen (secondary N) is 2. The summed E-state index contributed by atoms with van der Waals surface area (Å²) >= 11 is 5.94. The summed E-state index contributed by atoms with van der Waals surface area (Å²) in [6.07, 6.45) is 0.724. The van der Waals surface area contributed by atoms with Crippen LogP contribution in [0.5, 0.6) is 0 Å². The summed E-state index contributed by atoms with van der Waals surface area (Å²) in [5.74, 6) is -4.31. The Kier molecular flexibility index (Phi) is 8.77. The topological polar surface area (TPSA) is 159 Å². The minimum Gasteiger partial charge on any atom is -0.477 e. The quantitative estimate of drug-likeness (QED) is 0.345. The minimum atomic E-state index is -1.47. The molecule has 13 heteroatoms.